The molecule has 2 rings (SSSR count). The molecule has 0 aliphatic heterocycles. The molecule has 0 fully saturated rings. The van der Waals surface area contributed by atoms with Crippen molar-refractivity contribution in [2.45, 2.75) is 0 Å². The van der Waals surface area contributed by atoms with Gasteiger partial charge >= 0.3 is 5.97 Å². The fourth-order valence-corrected chi connectivity index (χ4v) is 1.81. The molecule has 0 aliphatic rings. The molecule has 0 saturated carbocycles. The highest BCUT2D eigenvalue weighted by molar-refractivity contribution is 9.10. The van der Waals surface area contributed by atoms with Crippen molar-refractivity contribution in [1.82, 2.24) is 0 Å². The molecule has 4 nitrogen and oxygen atoms in total. The van der Waals surface area contributed by atoms with E-state index < -0.39 is 17.6 Å². The van der Waals surface area contributed by atoms with Gasteiger partial charge in [-0.2, -0.15) is 0 Å². The maximum absolute atomic E-state index is 13.1. The maximum Gasteiger partial charge on any atom is 0.371 e. The zero-order valence-electron chi connectivity index (χ0n) is 8.81. The minimum atomic E-state index is -1.27. The first-order chi connectivity index (χ1) is 8.49. The quantitative estimate of drug-likeness (QED) is 0.884. The molecule has 0 saturated heterocycles. The summed E-state index contributed by atoms with van der Waals surface area (Å²) in [6.45, 7) is 0. The zero-order chi connectivity index (χ0) is 13.3. The lowest BCUT2D eigenvalue weighted by Crippen LogP contribution is -2.02. The van der Waals surface area contributed by atoms with Crippen molar-refractivity contribution in [3.05, 3.63) is 57.7 Å². The van der Waals surface area contributed by atoms with E-state index in [0.29, 0.717) is 4.47 Å². The number of ketones is 1. The summed E-state index contributed by atoms with van der Waals surface area (Å²) in [5, 5.41) is 8.67. The average Bonchev–Trinajstić information content (AvgIpc) is 2.81. The second-order valence-corrected chi connectivity index (χ2v) is 4.28. The van der Waals surface area contributed by atoms with Crippen molar-refractivity contribution in [2.75, 3.05) is 0 Å². The molecular weight excluding hydrogens is 307 g/mol. The van der Waals surface area contributed by atoms with Crippen LogP contribution in [0.1, 0.15) is 26.7 Å². The summed E-state index contributed by atoms with van der Waals surface area (Å²) >= 11 is 3.12. The van der Waals surface area contributed by atoms with Gasteiger partial charge in [0.25, 0.3) is 0 Å². The highest BCUT2D eigenvalue weighted by Gasteiger charge is 2.19. The first-order valence-corrected chi connectivity index (χ1v) is 5.61. The number of hydrogen-bond donors (Lipinski definition) is 1. The third-order valence-electron chi connectivity index (χ3n) is 2.21. The third-order valence-corrected chi connectivity index (χ3v) is 2.91. The molecule has 1 aromatic heterocycles. The van der Waals surface area contributed by atoms with E-state index in [9.17, 15) is 14.0 Å². The third kappa shape index (κ3) is 2.33. The largest absolute Gasteiger partial charge is 0.475 e. The molecule has 0 amide bonds. The average molecular weight is 313 g/mol. The second kappa shape index (κ2) is 4.73. The van der Waals surface area contributed by atoms with E-state index in [1.54, 1.807) is 0 Å². The molecule has 2 aromatic rings. The number of furan rings is 1. The Balaban J connectivity index is 2.41. The van der Waals surface area contributed by atoms with E-state index in [1.807, 2.05) is 0 Å². The fraction of sp³-hybridized carbons (Fsp3) is 0. The lowest BCUT2D eigenvalue weighted by molar-refractivity contribution is 0.0660. The van der Waals surface area contributed by atoms with Crippen LogP contribution in [0.25, 0.3) is 0 Å². The Labute approximate surface area is 109 Å². The van der Waals surface area contributed by atoms with Crippen LogP contribution in [0.3, 0.4) is 0 Å². The van der Waals surface area contributed by atoms with Gasteiger partial charge in [-0.05, 0) is 30.3 Å². The Hall–Kier alpha value is -1.95. The molecule has 0 unspecified atom stereocenters. The van der Waals surface area contributed by atoms with Gasteiger partial charge in [0.15, 0.2) is 5.76 Å². The minimum absolute atomic E-state index is 0.0706. The number of hydrogen-bond acceptors (Lipinski definition) is 3. The number of carboxylic acids is 1. The summed E-state index contributed by atoms with van der Waals surface area (Å²) in [6.07, 6.45) is 0. The van der Waals surface area contributed by atoms with Gasteiger partial charge in [0, 0.05) is 10.0 Å². The molecule has 1 N–H and O–H groups in total. The standard InChI is InChI=1S/C12H6BrFO4/c13-8-2-1-6(14)5-7(8)11(15)9-3-4-10(18-9)12(16)17/h1-5H,(H,16,17). The predicted octanol–water partition coefficient (Wildman–Crippen LogP) is 3.11. The molecule has 18 heavy (non-hydrogen) atoms. The molecule has 0 aliphatic carbocycles. The van der Waals surface area contributed by atoms with Crippen molar-refractivity contribution in [2.24, 2.45) is 0 Å². The molecule has 92 valence electrons. The zero-order valence-corrected chi connectivity index (χ0v) is 10.4. The van der Waals surface area contributed by atoms with Crippen molar-refractivity contribution in [3.8, 4) is 0 Å². The van der Waals surface area contributed by atoms with Crippen molar-refractivity contribution in [1.29, 1.82) is 0 Å². The first kappa shape index (κ1) is 12.5. The van der Waals surface area contributed by atoms with Crippen LogP contribution in [0, 0.1) is 5.82 Å². The minimum Gasteiger partial charge on any atom is -0.475 e. The van der Waals surface area contributed by atoms with Gasteiger partial charge in [-0.15, -0.1) is 0 Å². The lowest BCUT2D eigenvalue weighted by atomic mass is 10.1. The molecule has 1 heterocycles. The van der Waals surface area contributed by atoms with Crippen LogP contribution in [0.2, 0.25) is 0 Å². The number of carboxylic acid groups (broad SMARTS) is 1. The number of rotatable bonds is 3. The summed E-state index contributed by atoms with van der Waals surface area (Å²) in [4.78, 5) is 22.6. The summed E-state index contributed by atoms with van der Waals surface area (Å²) in [5.74, 6) is -2.92. The smallest absolute Gasteiger partial charge is 0.371 e. The topological polar surface area (TPSA) is 67.5 Å². The summed E-state index contributed by atoms with van der Waals surface area (Å²) in [7, 11) is 0. The molecule has 0 bridgehead atoms. The molecule has 0 spiro atoms. The molecule has 0 radical (unpaired) electrons. The van der Waals surface area contributed by atoms with Gasteiger partial charge in [-0.3, -0.25) is 4.79 Å². The van der Waals surface area contributed by atoms with Crippen LogP contribution >= 0.6 is 15.9 Å². The summed E-state index contributed by atoms with van der Waals surface area (Å²) < 4.78 is 18.3. The van der Waals surface area contributed by atoms with Gasteiger partial charge < -0.3 is 9.52 Å². The lowest BCUT2D eigenvalue weighted by Gasteiger charge is -2.01. The van der Waals surface area contributed by atoms with E-state index in [4.69, 9.17) is 9.52 Å². The number of carbonyl (C=O) groups is 2. The van der Waals surface area contributed by atoms with Crippen LogP contribution in [-0.4, -0.2) is 16.9 Å². The Morgan fingerprint density at radius 2 is 1.83 bits per heavy atom. The highest BCUT2D eigenvalue weighted by atomic mass is 79.9. The van der Waals surface area contributed by atoms with Crippen LogP contribution in [0.5, 0.6) is 0 Å². The number of halogens is 2. The molecule has 0 atom stereocenters. The van der Waals surface area contributed by atoms with Crippen LogP contribution in [-0.2, 0) is 0 Å². The number of aromatic carboxylic acids is 1. The van der Waals surface area contributed by atoms with Crippen molar-refractivity contribution in [3.63, 3.8) is 0 Å². The Bertz CT molecular complexity index is 633. The van der Waals surface area contributed by atoms with Crippen LogP contribution < -0.4 is 0 Å². The molecular formula is C12H6BrFO4. The summed E-state index contributed by atoms with van der Waals surface area (Å²) in [5.41, 5.74) is 0.0706. The van der Waals surface area contributed by atoms with Crippen molar-refractivity contribution >= 4 is 27.7 Å². The Morgan fingerprint density at radius 3 is 2.44 bits per heavy atom. The van der Waals surface area contributed by atoms with Gasteiger partial charge in [0.2, 0.25) is 11.5 Å². The molecule has 6 heteroatoms. The number of carbonyl (C=O) groups excluding carboxylic acids is 1. The summed E-state index contributed by atoms with van der Waals surface area (Å²) in [6, 6.07) is 6.05. The van der Waals surface area contributed by atoms with E-state index in [0.717, 1.165) is 6.07 Å². The Morgan fingerprint density at radius 1 is 1.17 bits per heavy atom. The van der Waals surface area contributed by atoms with E-state index >= 15 is 0 Å². The monoisotopic (exact) mass is 312 g/mol. The second-order valence-electron chi connectivity index (χ2n) is 3.42. The van der Waals surface area contributed by atoms with Gasteiger partial charge in [-0.25, -0.2) is 9.18 Å². The van der Waals surface area contributed by atoms with Gasteiger partial charge in [-0.1, -0.05) is 15.9 Å². The normalized spacial score (nSPS) is 10.3. The predicted molar refractivity (Wildman–Crippen MR) is 63.2 cm³/mol. The van der Waals surface area contributed by atoms with E-state index in [2.05, 4.69) is 15.9 Å². The first-order valence-electron chi connectivity index (χ1n) is 4.82. The Kier molecular flexibility index (Phi) is 3.29. The molecule has 1 aromatic carbocycles. The fourth-order valence-electron chi connectivity index (χ4n) is 1.38. The SMILES string of the molecule is O=C(O)c1ccc(C(=O)c2cc(F)ccc2Br)o1. The van der Waals surface area contributed by atoms with Crippen molar-refractivity contribution < 1.29 is 23.5 Å². The van der Waals surface area contributed by atoms with Gasteiger partial charge in [0.1, 0.15) is 5.82 Å². The highest BCUT2D eigenvalue weighted by Crippen LogP contribution is 2.22. The van der Waals surface area contributed by atoms with E-state index in [-0.39, 0.29) is 17.1 Å². The van der Waals surface area contributed by atoms with Gasteiger partial charge in [0.05, 0.1) is 0 Å². The van der Waals surface area contributed by atoms with Crippen LogP contribution in [0.15, 0.2) is 39.2 Å². The number of benzene rings is 1. The van der Waals surface area contributed by atoms with E-state index in [1.165, 1.54) is 24.3 Å². The maximum atomic E-state index is 13.1. The van der Waals surface area contributed by atoms with Crippen LogP contribution in [0.4, 0.5) is 4.39 Å².